The van der Waals surface area contributed by atoms with E-state index < -0.39 is 0 Å². The van der Waals surface area contributed by atoms with Crippen molar-refractivity contribution >= 4 is 0 Å². The van der Waals surface area contributed by atoms with E-state index in [1.807, 2.05) is 0 Å². The van der Waals surface area contributed by atoms with Crippen LogP contribution in [-0.4, -0.2) is 6.04 Å². The van der Waals surface area contributed by atoms with Gasteiger partial charge < -0.3 is 5.73 Å². The number of allylic oxidation sites excluding steroid dienone is 4. The summed E-state index contributed by atoms with van der Waals surface area (Å²) in [5.74, 6) is 0. The maximum absolute atomic E-state index is 6.38. The number of hydrogen-bond donors (Lipinski definition) is 1. The number of nitrogens with two attached hydrogens (primary N) is 1. The Kier molecular flexibility index (Phi) is 34.0. The number of hydrogen-bond acceptors (Lipinski definition) is 1. The predicted molar refractivity (Wildman–Crippen MR) is 176 cm³/mol. The predicted octanol–water partition coefficient (Wildman–Crippen LogP) is 13.2. The fourth-order valence-corrected chi connectivity index (χ4v) is 5.45. The molecule has 0 heterocycles. The highest BCUT2D eigenvalue weighted by Crippen LogP contribution is 2.15. The van der Waals surface area contributed by atoms with Crippen LogP contribution in [-0.2, 0) is 0 Å². The van der Waals surface area contributed by atoms with Gasteiger partial charge in [0.15, 0.2) is 0 Å². The first-order chi connectivity index (χ1) is 18.8. The summed E-state index contributed by atoms with van der Waals surface area (Å²) in [4.78, 5) is 0. The molecule has 0 unspecified atom stereocenters. The van der Waals surface area contributed by atoms with Crippen LogP contribution in [0.1, 0.15) is 206 Å². The fraction of sp³-hybridized carbons (Fsp3) is 0.892. The minimum atomic E-state index is 0.448. The van der Waals surface area contributed by atoms with Gasteiger partial charge in [0.1, 0.15) is 0 Å². The second-order valence-electron chi connectivity index (χ2n) is 12.2. The van der Waals surface area contributed by atoms with Gasteiger partial charge in [0, 0.05) is 6.04 Å². The Morgan fingerprint density at radius 2 is 0.579 bits per heavy atom. The van der Waals surface area contributed by atoms with Crippen molar-refractivity contribution in [3.8, 4) is 0 Å². The van der Waals surface area contributed by atoms with E-state index in [1.54, 1.807) is 0 Å². The van der Waals surface area contributed by atoms with E-state index in [-0.39, 0.29) is 0 Å². The van der Waals surface area contributed by atoms with Crippen LogP contribution in [0.25, 0.3) is 0 Å². The fourth-order valence-electron chi connectivity index (χ4n) is 5.45. The molecule has 0 rings (SSSR count). The van der Waals surface area contributed by atoms with Gasteiger partial charge in [-0.2, -0.15) is 0 Å². The quantitative estimate of drug-likeness (QED) is 0.0677. The molecule has 0 aromatic heterocycles. The van der Waals surface area contributed by atoms with E-state index in [0.29, 0.717) is 6.04 Å². The van der Waals surface area contributed by atoms with Crippen molar-refractivity contribution in [3.63, 3.8) is 0 Å². The lowest BCUT2D eigenvalue weighted by Crippen LogP contribution is -2.19. The highest BCUT2D eigenvalue weighted by atomic mass is 14.6. The molecule has 0 fully saturated rings. The molecule has 0 saturated carbocycles. The highest BCUT2D eigenvalue weighted by molar-refractivity contribution is 4.82. The molecule has 0 spiro atoms. The first-order valence-corrected chi connectivity index (χ1v) is 17.9. The molecule has 0 aromatic carbocycles. The van der Waals surface area contributed by atoms with Crippen LogP contribution in [0.5, 0.6) is 0 Å². The second kappa shape index (κ2) is 34.5. The van der Waals surface area contributed by atoms with Crippen LogP contribution >= 0.6 is 0 Å². The monoisotopic (exact) mass is 532 g/mol. The average Bonchev–Trinajstić information content (AvgIpc) is 2.92. The molecule has 1 nitrogen and oxygen atoms in total. The molecule has 0 aliphatic heterocycles. The largest absolute Gasteiger partial charge is 0.328 e. The first-order valence-electron chi connectivity index (χ1n) is 17.9. The Balaban J connectivity index is 3.22. The number of unbranched alkanes of at least 4 members (excludes halogenated alkanes) is 24. The van der Waals surface area contributed by atoms with Crippen molar-refractivity contribution in [1.82, 2.24) is 0 Å². The topological polar surface area (TPSA) is 26.0 Å². The molecule has 0 radical (unpaired) electrons. The standard InChI is InChI=1S/C37H73N/c1-3-5-7-9-11-13-15-17-19-21-23-25-27-29-31-33-35-37(38)36-34-32-30-28-26-24-22-20-18-16-14-12-10-8-6-4-2/h17-20,37H,3-16,21-36,38H2,1-2H3. The summed E-state index contributed by atoms with van der Waals surface area (Å²) in [6.07, 6.45) is 50.9. The Labute approximate surface area is 242 Å². The van der Waals surface area contributed by atoms with E-state index in [1.165, 1.54) is 193 Å². The first kappa shape index (κ1) is 37.4. The third-order valence-corrected chi connectivity index (χ3v) is 8.17. The van der Waals surface area contributed by atoms with Gasteiger partial charge in [-0.15, -0.1) is 0 Å². The van der Waals surface area contributed by atoms with Gasteiger partial charge in [0.2, 0.25) is 0 Å². The number of rotatable bonds is 32. The van der Waals surface area contributed by atoms with Crippen LogP contribution in [0.4, 0.5) is 0 Å². The van der Waals surface area contributed by atoms with Crippen molar-refractivity contribution in [2.45, 2.75) is 213 Å². The molecular weight excluding hydrogens is 458 g/mol. The van der Waals surface area contributed by atoms with Gasteiger partial charge in [0.05, 0.1) is 0 Å². The molecule has 0 amide bonds. The van der Waals surface area contributed by atoms with Gasteiger partial charge in [-0.05, 0) is 64.2 Å². The van der Waals surface area contributed by atoms with Crippen LogP contribution < -0.4 is 5.73 Å². The Hall–Kier alpha value is -0.560. The van der Waals surface area contributed by atoms with Crippen molar-refractivity contribution < 1.29 is 0 Å². The Morgan fingerprint density at radius 3 is 0.868 bits per heavy atom. The maximum atomic E-state index is 6.38. The van der Waals surface area contributed by atoms with Crippen LogP contribution in [0.3, 0.4) is 0 Å². The van der Waals surface area contributed by atoms with E-state index in [4.69, 9.17) is 5.73 Å². The molecule has 0 bridgehead atoms. The van der Waals surface area contributed by atoms with Gasteiger partial charge >= 0.3 is 0 Å². The zero-order chi connectivity index (χ0) is 27.6. The average molecular weight is 532 g/mol. The normalized spacial score (nSPS) is 12.8. The summed E-state index contributed by atoms with van der Waals surface area (Å²) in [6, 6.07) is 0.448. The summed E-state index contributed by atoms with van der Waals surface area (Å²) in [5, 5.41) is 0. The minimum absolute atomic E-state index is 0.448. The van der Waals surface area contributed by atoms with E-state index in [2.05, 4.69) is 38.2 Å². The van der Waals surface area contributed by atoms with Crippen LogP contribution in [0.15, 0.2) is 24.3 Å². The van der Waals surface area contributed by atoms with E-state index in [0.717, 1.165) is 0 Å². The molecule has 0 aliphatic carbocycles. The molecule has 0 aromatic rings. The third kappa shape index (κ3) is 33.5. The molecule has 0 saturated heterocycles. The lowest BCUT2D eigenvalue weighted by Gasteiger charge is -2.11. The summed E-state index contributed by atoms with van der Waals surface area (Å²) < 4.78 is 0. The smallest absolute Gasteiger partial charge is 0.00388 e. The second-order valence-corrected chi connectivity index (χ2v) is 12.2. The molecule has 1 heteroatoms. The molecule has 226 valence electrons. The van der Waals surface area contributed by atoms with E-state index in [9.17, 15) is 0 Å². The summed E-state index contributed by atoms with van der Waals surface area (Å²) in [5.41, 5.74) is 6.38. The Bertz CT molecular complexity index is 423. The zero-order valence-electron chi connectivity index (χ0n) is 26.7. The lowest BCUT2D eigenvalue weighted by molar-refractivity contribution is 0.482. The minimum Gasteiger partial charge on any atom is -0.328 e. The zero-order valence-corrected chi connectivity index (χ0v) is 26.7. The molecule has 38 heavy (non-hydrogen) atoms. The molecular formula is C37H73N. The maximum Gasteiger partial charge on any atom is 0.00388 e. The van der Waals surface area contributed by atoms with Crippen molar-refractivity contribution in [1.29, 1.82) is 0 Å². The summed E-state index contributed by atoms with van der Waals surface area (Å²) >= 11 is 0. The highest BCUT2D eigenvalue weighted by Gasteiger charge is 2.02. The molecule has 0 aliphatic rings. The summed E-state index contributed by atoms with van der Waals surface area (Å²) in [6.45, 7) is 4.58. The van der Waals surface area contributed by atoms with Gasteiger partial charge in [-0.25, -0.2) is 0 Å². The molecule has 2 N–H and O–H groups in total. The Morgan fingerprint density at radius 1 is 0.342 bits per heavy atom. The van der Waals surface area contributed by atoms with Crippen molar-refractivity contribution in [2.75, 3.05) is 0 Å². The van der Waals surface area contributed by atoms with Gasteiger partial charge in [0.25, 0.3) is 0 Å². The van der Waals surface area contributed by atoms with Crippen molar-refractivity contribution in [2.24, 2.45) is 5.73 Å². The third-order valence-electron chi connectivity index (χ3n) is 8.17. The van der Waals surface area contributed by atoms with E-state index >= 15 is 0 Å². The van der Waals surface area contributed by atoms with Crippen LogP contribution in [0, 0.1) is 0 Å². The van der Waals surface area contributed by atoms with Crippen molar-refractivity contribution in [3.05, 3.63) is 24.3 Å². The lowest BCUT2D eigenvalue weighted by atomic mass is 10.0. The van der Waals surface area contributed by atoms with Crippen LogP contribution in [0.2, 0.25) is 0 Å². The summed E-state index contributed by atoms with van der Waals surface area (Å²) in [7, 11) is 0. The molecule has 0 atom stereocenters. The van der Waals surface area contributed by atoms with Gasteiger partial charge in [-0.3, -0.25) is 0 Å². The SMILES string of the molecule is CCCCCCCCC=CCCCCCCCCC(N)CCCCCCCCC=CCCCCCCCC. The van der Waals surface area contributed by atoms with Gasteiger partial charge in [-0.1, -0.05) is 167 Å².